The molecule has 0 saturated heterocycles. The molecule has 0 aliphatic heterocycles. The molecule has 0 amide bonds. The van der Waals surface area contributed by atoms with Crippen LogP contribution in [-0.2, 0) is 16.1 Å². The van der Waals surface area contributed by atoms with Gasteiger partial charge >= 0.3 is 5.97 Å². The number of ether oxygens (including phenoxy) is 1. The van der Waals surface area contributed by atoms with Crippen molar-refractivity contribution in [2.45, 2.75) is 11.9 Å². The number of hydrogen-bond acceptors (Lipinski definition) is 3. The number of hydrogen-bond donors (Lipinski definition) is 1. The van der Waals surface area contributed by atoms with Crippen LogP contribution in [0.5, 0.6) is 0 Å². The third-order valence-electron chi connectivity index (χ3n) is 2.09. The first-order valence-electron chi connectivity index (χ1n) is 4.91. The Balaban J connectivity index is 2.40. The molecule has 94 valence electrons. The normalized spacial score (nSPS) is 12.2. The van der Waals surface area contributed by atoms with Crippen molar-refractivity contribution in [2.75, 3.05) is 13.7 Å². The lowest BCUT2D eigenvalue weighted by molar-refractivity contribution is -0.140. The second kappa shape index (κ2) is 6.51. The van der Waals surface area contributed by atoms with Gasteiger partial charge in [-0.1, -0.05) is 6.07 Å². The summed E-state index contributed by atoms with van der Waals surface area (Å²) in [4.78, 5) is 10.9. The topological polar surface area (TPSA) is 38.3 Å². The van der Waals surface area contributed by atoms with E-state index >= 15 is 0 Å². The lowest BCUT2D eigenvalue weighted by atomic mass is 10.2. The summed E-state index contributed by atoms with van der Waals surface area (Å²) >= 11 is 5.68. The van der Waals surface area contributed by atoms with E-state index in [9.17, 15) is 13.6 Å². The van der Waals surface area contributed by atoms with Gasteiger partial charge in [0.25, 0.3) is 0 Å². The van der Waals surface area contributed by atoms with Gasteiger partial charge in [-0.25, -0.2) is 8.78 Å². The van der Waals surface area contributed by atoms with Crippen molar-refractivity contribution < 1.29 is 18.3 Å². The molecule has 1 N–H and O–H groups in total. The number of carbonyl (C=O) groups excluding carboxylic acids is 1. The molecule has 1 rings (SSSR count). The molecule has 1 aromatic carbocycles. The summed E-state index contributed by atoms with van der Waals surface area (Å²) in [5, 5.41) is 2.04. The number of nitrogens with one attached hydrogen (secondary N) is 1. The third-order valence-corrected chi connectivity index (χ3v) is 2.43. The zero-order valence-corrected chi connectivity index (χ0v) is 9.93. The molecule has 0 aromatic heterocycles. The molecule has 1 aromatic rings. The van der Waals surface area contributed by atoms with E-state index in [2.05, 4.69) is 10.1 Å². The Bertz CT molecular complexity index is 401. The summed E-state index contributed by atoms with van der Waals surface area (Å²) in [6, 6.07) is 3.58. The number of carbonyl (C=O) groups is 1. The van der Waals surface area contributed by atoms with Gasteiger partial charge in [-0.2, -0.15) is 0 Å². The number of alkyl halides is 1. The number of rotatable bonds is 5. The van der Waals surface area contributed by atoms with Crippen molar-refractivity contribution >= 4 is 17.6 Å². The Hall–Kier alpha value is -1.20. The van der Waals surface area contributed by atoms with Crippen molar-refractivity contribution in [3.8, 4) is 0 Å². The Morgan fingerprint density at radius 2 is 2.18 bits per heavy atom. The van der Waals surface area contributed by atoms with Crippen LogP contribution in [-0.4, -0.2) is 25.0 Å². The fourth-order valence-electron chi connectivity index (χ4n) is 1.20. The summed E-state index contributed by atoms with van der Waals surface area (Å²) in [5.74, 6) is -2.33. The Kier molecular flexibility index (Phi) is 5.31. The Morgan fingerprint density at radius 3 is 2.76 bits per heavy atom. The van der Waals surface area contributed by atoms with Gasteiger partial charge in [0.05, 0.1) is 7.11 Å². The van der Waals surface area contributed by atoms with Crippen LogP contribution < -0.4 is 5.32 Å². The highest BCUT2D eigenvalue weighted by Crippen LogP contribution is 2.08. The molecule has 0 fully saturated rings. The molecule has 0 radical (unpaired) electrons. The van der Waals surface area contributed by atoms with Crippen molar-refractivity contribution in [2.24, 2.45) is 0 Å². The van der Waals surface area contributed by atoms with Crippen LogP contribution in [0, 0.1) is 11.6 Å². The minimum absolute atomic E-state index is 0.188. The molecule has 0 spiro atoms. The minimum atomic E-state index is -0.903. The lowest BCUT2D eigenvalue weighted by Crippen LogP contribution is -2.29. The SMILES string of the molecule is COC(=O)C(Cl)CNCc1ccc(F)c(F)c1. The maximum absolute atomic E-state index is 12.8. The van der Waals surface area contributed by atoms with Gasteiger partial charge in [-0.05, 0) is 17.7 Å². The first-order valence-corrected chi connectivity index (χ1v) is 5.34. The molecule has 0 heterocycles. The predicted octanol–water partition coefficient (Wildman–Crippen LogP) is 1.83. The quantitative estimate of drug-likeness (QED) is 0.651. The molecule has 1 atom stereocenters. The van der Waals surface area contributed by atoms with Gasteiger partial charge < -0.3 is 10.1 Å². The summed E-state index contributed by atoms with van der Waals surface area (Å²) in [6.07, 6.45) is 0. The van der Waals surface area contributed by atoms with E-state index in [1.807, 2.05) is 0 Å². The highest BCUT2D eigenvalue weighted by atomic mass is 35.5. The summed E-state index contributed by atoms with van der Waals surface area (Å²) in [6.45, 7) is 0.477. The van der Waals surface area contributed by atoms with Gasteiger partial charge in [-0.3, -0.25) is 4.79 Å². The van der Waals surface area contributed by atoms with E-state index in [1.165, 1.54) is 13.2 Å². The van der Waals surface area contributed by atoms with Gasteiger partial charge in [0, 0.05) is 13.1 Å². The molecule has 0 bridgehead atoms. The van der Waals surface area contributed by atoms with E-state index in [0.717, 1.165) is 12.1 Å². The zero-order chi connectivity index (χ0) is 12.8. The first-order chi connectivity index (χ1) is 8.04. The first kappa shape index (κ1) is 13.9. The average molecular weight is 264 g/mol. The van der Waals surface area contributed by atoms with Gasteiger partial charge in [0.15, 0.2) is 11.6 Å². The second-order valence-electron chi connectivity index (χ2n) is 3.37. The van der Waals surface area contributed by atoms with Crippen LogP contribution in [0.2, 0.25) is 0 Å². The number of halogens is 3. The van der Waals surface area contributed by atoms with Crippen LogP contribution >= 0.6 is 11.6 Å². The fraction of sp³-hybridized carbons (Fsp3) is 0.364. The van der Waals surface area contributed by atoms with E-state index in [0.29, 0.717) is 5.56 Å². The molecule has 6 heteroatoms. The highest BCUT2D eigenvalue weighted by molar-refractivity contribution is 6.30. The van der Waals surface area contributed by atoms with Crippen molar-refractivity contribution in [1.29, 1.82) is 0 Å². The van der Waals surface area contributed by atoms with Crippen LogP contribution in [0.15, 0.2) is 18.2 Å². The minimum Gasteiger partial charge on any atom is -0.468 e. The summed E-state index contributed by atoms with van der Waals surface area (Å²) in [5.41, 5.74) is 0.567. The monoisotopic (exact) mass is 263 g/mol. The van der Waals surface area contributed by atoms with Gasteiger partial charge in [0.2, 0.25) is 0 Å². The van der Waals surface area contributed by atoms with Crippen LogP contribution in [0.25, 0.3) is 0 Å². The standard InChI is InChI=1S/C11H12ClF2NO2/c1-17-11(16)8(12)6-15-5-7-2-3-9(13)10(14)4-7/h2-4,8,15H,5-6H2,1H3. The number of methoxy groups -OCH3 is 1. The molecule has 0 saturated carbocycles. The number of esters is 1. The molecule has 17 heavy (non-hydrogen) atoms. The van der Waals surface area contributed by atoms with E-state index in [-0.39, 0.29) is 13.1 Å². The van der Waals surface area contributed by atoms with E-state index in [4.69, 9.17) is 11.6 Å². The Labute approximate surface area is 103 Å². The third kappa shape index (κ3) is 4.28. The van der Waals surface area contributed by atoms with Gasteiger partial charge in [0.1, 0.15) is 5.38 Å². The second-order valence-corrected chi connectivity index (χ2v) is 3.90. The zero-order valence-electron chi connectivity index (χ0n) is 9.17. The van der Waals surface area contributed by atoms with Crippen LogP contribution in [0.1, 0.15) is 5.56 Å². The highest BCUT2D eigenvalue weighted by Gasteiger charge is 2.14. The summed E-state index contributed by atoms with van der Waals surface area (Å²) in [7, 11) is 1.24. The van der Waals surface area contributed by atoms with Gasteiger partial charge in [-0.15, -0.1) is 11.6 Å². The summed E-state index contributed by atoms with van der Waals surface area (Å²) < 4.78 is 29.9. The van der Waals surface area contributed by atoms with Crippen LogP contribution in [0.4, 0.5) is 8.78 Å². The molecule has 1 unspecified atom stereocenters. The van der Waals surface area contributed by atoms with Crippen molar-refractivity contribution in [3.05, 3.63) is 35.4 Å². The molecular weight excluding hydrogens is 252 g/mol. The van der Waals surface area contributed by atoms with E-state index in [1.54, 1.807) is 0 Å². The van der Waals surface area contributed by atoms with Crippen molar-refractivity contribution in [3.63, 3.8) is 0 Å². The predicted molar refractivity (Wildman–Crippen MR) is 59.7 cm³/mol. The Morgan fingerprint density at radius 1 is 1.47 bits per heavy atom. The maximum atomic E-state index is 12.8. The lowest BCUT2D eigenvalue weighted by Gasteiger charge is -2.09. The molecule has 3 nitrogen and oxygen atoms in total. The molecular formula is C11H12ClF2NO2. The van der Waals surface area contributed by atoms with E-state index < -0.39 is 23.0 Å². The maximum Gasteiger partial charge on any atom is 0.325 e. The number of benzene rings is 1. The molecule has 0 aliphatic rings. The molecule has 0 aliphatic carbocycles. The smallest absolute Gasteiger partial charge is 0.325 e. The average Bonchev–Trinajstić information content (AvgIpc) is 2.32. The largest absolute Gasteiger partial charge is 0.468 e. The van der Waals surface area contributed by atoms with Crippen LogP contribution in [0.3, 0.4) is 0 Å². The van der Waals surface area contributed by atoms with Crippen molar-refractivity contribution in [1.82, 2.24) is 5.32 Å². The fourth-order valence-corrected chi connectivity index (χ4v) is 1.40.